The van der Waals surface area contributed by atoms with Crippen LogP contribution in [0, 0.1) is 5.92 Å². The zero-order valence-corrected chi connectivity index (χ0v) is 24.9. The molecule has 0 spiro atoms. The van der Waals surface area contributed by atoms with Gasteiger partial charge in [0.2, 0.25) is 11.8 Å². The third-order valence-corrected chi connectivity index (χ3v) is 7.13. The molecule has 1 aromatic heterocycles. The van der Waals surface area contributed by atoms with Crippen molar-refractivity contribution in [2.24, 2.45) is 5.92 Å². The number of benzene rings is 1. The summed E-state index contributed by atoms with van der Waals surface area (Å²) >= 11 is 0. The number of alkyl halides is 3. The molecule has 230 valence electrons. The maximum atomic E-state index is 14.1. The molecule has 10 nitrogen and oxygen atoms in total. The molecule has 3 atom stereocenters. The number of amides is 1. The van der Waals surface area contributed by atoms with Crippen LogP contribution in [0.4, 0.5) is 18.9 Å². The van der Waals surface area contributed by atoms with Crippen molar-refractivity contribution in [3.8, 4) is 17.4 Å². The number of sulfone groups is 1. The number of aromatic nitrogens is 1. The minimum Gasteiger partial charge on any atom is -0.497 e. The summed E-state index contributed by atoms with van der Waals surface area (Å²) in [7, 11) is 0.952. The number of halogens is 3. The lowest BCUT2D eigenvalue weighted by Crippen LogP contribution is -2.53. The van der Waals surface area contributed by atoms with Crippen LogP contribution in [0.3, 0.4) is 0 Å². The molecule has 41 heavy (non-hydrogen) atoms. The zero-order chi connectivity index (χ0) is 30.8. The lowest BCUT2D eigenvalue weighted by Gasteiger charge is -2.30. The first kappa shape index (κ1) is 33.9. The molecule has 0 aliphatic carbocycles. The molecule has 1 amide bonds. The minimum atomic E-state index is -4.73. The minimum absolute atomic E-state index is 0.0372. The number of carbonyl (C=O) groups is 1. The van der Waals surface area contributed by atoms with Gasteiger partial charge in [-0.05, 0) is 36.5 Å². The number of ether oxygens (including phenoxy) is 3. The van der Waals surface area contributed by atoms with Gasteiger partial charge in [-0.3, -0.25) is 10.1 Å². The average Bonchev–Trinajstić information content (AvgIpc) is 2.91. The molecule has 2 aromatic rings. The van der Waals surface area contributed by atoms with Crippen molar-refractivity contribution in [1.82, 2.24) is 15.6 Å². The Morgan fingerprint density at radius 3 is 2.27 bits per heavy atom. The Hall–Kier alpha value is -3.26. The van der Waals surface area contributed by atoms with Crippen LogP contribution in [-0.2, 0) is 14.6 Å². The first-order valence-electron chi connectivity index (χ1n) is 12.9. The van der Waals surface area contributed by atoms with E-state index in [1.807, 2.05) is 0 Å². The smallest absolute Gasteiger partial charge is 0.407 e. The van der Waals surface area contributed by atoms with E-state index in [0.29, 0.717) is 17.2 Å². The van der Waals surface area contributed by atoms with Crippen molar-refractivity contribution in [3.63, 3.8) is 0 Å². The number of methoxy groups -OCH3 is 3. The summed E-state index contributed by atoms with van der Waals surface area (Å²) in [5.74, 6) is 0.125. The van der Waals surface area contributed by atoms with E-state index in [1.165, 1.54) is 33.5 Å². The van der Waals surface area contributed by atoms with Crippen molar-refractivity contribution in [3.05, 3.63) is 42.1 Å². The monoisotopic (exact) mass is 604 g/mol. The van der Waals surface area contributed by atoms with Crippen molar-refractivity contribution in [2.45, 2.75) is 51.0 Å². The number of nitrogens with zero attached hydrogens (tertiary/aromatic N) is 1. The quantitative estimate of drug-likeness (QED) is 0.263. The number of hydrogen-bond donors (Lipinski definition) is 3. The van der Waals surface area contributed by atoms with Gasteiger partial charge in [0.1, 0.15) is 27.4 Å². The highest BCUT2D eigenvalue weighted by molar-refractivity contribution is 7.90. The van der Waals surface area contributed by atoms with E-state index in [-0.39, 0.29) is 42.5 Å². The molecule has 14 heteroatoms. The van der Waals surface area contributed by atoms with Gasteiger partial charge in [0, 0.05) is 37.2 Å². The predicted molar refractivity (Wildman–Crippen MR) is 150 cm³/mol. The number of pyridine rings is 1. The molecule has 0 saturated carbocycles. The summed E-state index contributed by atoms with van der Waals surface area (Å²) in [6, 6.07) is 3.46. The molecule has 0 fully saturated rings. The molecular weight excluding hydrogens is 565 g/mol. The molecule has 1 aromatic carbocycles. The van der Waals surface area contributed by atoms with Crippen LogP contribution >= 0.6 is 0 Å². The number of hydrogen-bond acceptors (Lipinski definition) is 9. The van der Waals surface area contributed by atoms with Gasteiger partial charge in [-0.25, -0.2) is 13.4 Å². The Bertz CT molecular complexity index is 1230. The van der Waals surface area contributed by atoms with Gasteiger partial charge in [-0.15, -0.1) is 0 Å². The van der Waals surface area contributed by atoms with Crippen LogP contribution in [0.25, 0.3) is 0 Å². The van der Waals surface area contributed by atoms with Crippen molar-refractivity contribution in [2.75, 3.05) is 45.2 Å². The highest BCUT2D eigenvalue weighted by Crippen LogP contribution is 2.34. The molecule has 0 aliphatic heterocycles. The van der Waals surface area contributed by atoms with Crippen molar-refractivity contribution < 1.29 is 40.6 Å². The number of carbonyl (C=O) groups excluding carboxylic acids is 1. The van der Waals surface area contributed by atoms with Crippen LogP contribution < -0.4 is 30.2 Å². The van der Waals surface area contributed by atoms with E-state index >= 15 is 0 Å². The van der Waals surface area contributed by atoms with E-state index in [9.17, 15) is 26.4 Å². The molecule has 0 bridgehead atoms. The second-order valence-electron chi connectivity index (χ2n) is 10.0. The highest BCUT2D eigenvalue weighted by atomic mass is 32.2. The maximum Gasteiger partial charge on any atom is 0.407 e. The predicted octanol–water partition coefficient (Wildman–Crippen LogP) is 3.75. The summed E-state index contributed by atoms with van der Waals surface area (Å²) in [6.45, 7) is 3.67. The standard InChI is InChI=1S/C27H39F3N4O6S/c1-17(2)13-22(34-25(27(28,29)30)18-7-10-24(40-5)32-15-18)26(35)33-19(11-12-41(6,36)37)16-31-21-9-8-20(38-3)14-23(21)39-4/h7-10,14-15,17,19,22,25,31,34H,11-13,16H2,1-6H3,(H,33,35)/t19-,22-,25-/m0/s1. The van der Waals surface area contributed by atoms with E-state index in [4.69, 9.17) is 14.2 Å². The van der Waals surface area contributed by atoms with Gasteiger partial charge in [0.05, 0.1) is 38.8 Å². The fourth-order valence-corrected chi connectivity index (χ4v) is 4.76. The molecule has 0 unspecified atom stereocenters. The third kappa shape index (κ3) is 11.3. The summed E-state index contributed by atoms with van der Waals surface area (Å²) in [4.78, 5) is 17.3. The van der Waals surface area contributed by atoms with E-state index < -0.39 is 40.0 Å². The van der Waals surface area contributed by atoms with Gasteiger partial charge in [0.25, 0.3) is 0 Å². The molecule has 0 aliphatic rings. The van der Waals surface area contributed by atoms with Gasteiger partial charge in [-0.2, -0.15) is 13.2 Å². The molecule has 2 rings (SSSR count). The van der Waals surface area contributed by atoms with Gasteiger partial charge in [-0.1, -0.05) is 19.9 Å². The molecule has 1 heterocycles. The summed E-state index contributed by atoms with van der Waals surface area (Å²) in [6.07, 6.45) is -2.47. The van der Waals surface area contributed by atoms with Crippen molar-refractivity contribution in [1.29, 1.82) is 0 Å². The lowest BCUT2D eigenvalue weighted by molar-refractivity contribution is -0.161. The fourth-order valence-electron chi connectivity index (χ4n) is 4.05. The van der Waals surface area contributed by atoms with Gasteiger partial charge in [0.15, 0.2) is 0 Å². The Morgan fingerprint density at radius 1 is 1.05 bits per heavy atom. The third-order valence-electron chi connectivity index (χ3n) is 6.15. The van der Waals surface area contributed by atoms with Gasteiger partial charge >= 0.3 is 6.18 Å². The summed E-state index contributed by atoms with van der Waals surface area (Å²) in [5, 5.41) is 8.35. The SMILES string of the molecule is COc1ccc(NC[C@H](CCS(C)(=O)=O)NC(=O)[C@H](CC(C)C)N[C@@H](c2ccc(OC)nc2)C(F)(F)F)c(OC)c1. The Labute approximate surface area is 239 Å². The van der Waals surface area contributed by atoms with Crippen LogP contribution in [-0.4, -0.2) is 77.5 Å². The van der Waals surface area contributed by atoms with Crippen molar-refractivity contribution >= 4 is 21.4 Å². The van der Waals surface area contributed by atoms with Crippen LogP contribution in [0.5, 0.6) is 17.4 Å². The Kier molecular flexibility index (Phi) is 12.5. The summed E-state index contributed by atoms with van der Waals surface area (Å²) < 4.78 is 81.7. The summed E-state index contributed by atoms with van der Waals surface area (Å²) in [5.41, 5.74) is 0.384. The first-order valence-corrected chi connectivity index (χ1v) is 15.0. The molecule has 0 saturated heterocycles. The molecule has 3 N–H and O–H groups in total. The number of nitrogens with one attached hydrogen (secondary N) is 3. The highest BCUT2D eigenvalue weighted by Gasteiger charge is 2.43. The first-order chi connectivity index (χ1) is 19.2. The number of rotatable bonds is 16. The Morgan fingerprint density at radius 2 is 1.76 bits per heavy atom. The zero-order valence-electron chi connectivity index (χ0n) is 24.0. The molecule has 0 radical (unpaired) electrons. The Balaban J connectivity index is 2.29. The topological polar surface area (TPSA) is 128 Å². The van der Waals surface area contributed by atoms with E-state index in [2.05, 4.69) is 20.9 Å². The second-order valence-corrected chi connectivity index (χ2v) is 12.3. The lowest BCUT2D eigenvalue weighted by atomic mass is 9.99. The van der Waals surface area contributed by atoms with Crippen LogP contribution in [0.1, 0.15) is 38.3 Å². The number of anilines is 1. The maximum absolute atomic E-state index is 14.1. The largest absolute Gasteiger partial charge is 0.497 e. The normalized spacial score (nSPS) is 14.2. The van der Waals surface area contributed by atoms with Gasteiger partial charge < -0.3 is 24.8 Å². The second kappa shape index (κ2) is 15.1. The van der Waals surface area contributed by atoms with E-state index in [0.717, 1.165) is 12.5 Å². The van der Waals surface area contributed by atoms with E-state index in [1.54, 1.807) is 32.0 Å². The molecular formula is C27H39F3N4O6S. The average molecular weight is 605 g/mol. The van der Waals surface area contributed by atoms with Crippen LogP contribution in [0.2, 0.25) is 0 Å². The van der Waals surface area contributed by atoms with Crippen LogP contribution in [0.15, 0.2) is 36.5 Å². The fraction of sp³-hybridized carbons (Fsp3) is 0.556.